The molecule has 0 unspecified atom stereocenters. The predicted molar refractivity (Wildman–Crippen MR) is 106 cm³/mol. The molecule has 28 heavy (non-hydrogen) atoms. The number of terminal acetylenes is 2. The SMILES string of the molecule is C#CCCC1(CCC#C)C[C@@H](C(=O)OC(C)(C)C)N(C(=O)OC(C)(C)C)C1=O. The van der Waals surface area contributed by atoms with Crippen LogP contribution in [0, 0.1) is 30.1 Å². The number of likely N-dealkylation sites (tertiary alicyclic amines) is 1. The van der Waals surface area contributed by atoms with Crippen molar-refractivity contribution < 1.29 is 23.9 Å². The van der Waals surface area contributed by atoms with Gasteiger partial charge in [0.1, 0.15) is 17.2 Å². The number of ether oxygens (including phenoxy) is 2. The van der Waals surface area contributed by atoms with Gasteiger partial charge < -0.3 is 9.47 Å². The summed E-state index contributed by atoms with van der Waals surface area (Å²) in [7, 11) is 0. The maximum Gasteiger partial charge on any atom is 0.417 e. The highest BCUT2D eigenvalue weighted by Gasteiger charge is 2.57. The molecule has 6 nitrogen and oxygen atoms in total. The Kier molecular flexibility index (Phi) is 7.32. The molecule has 0 bridgehead atoms. The van der Waals surface area contributed by atoms with E-state index >= 15 is 0 Å². The van der Waals surface area contributed by atoms with Crippen molar-refractivity contribution >= 4 is 18.0 Å². The summed E-state index contributed by atoms with van der Waals surface area (Å²) in [4.78, 5) is 39.8. The largest absolute Gasteiger partial charge is 0.458 e. The molecule has 2 amide bonds. The van der Waals surface area contributed by atoms with Gasteiger partial charge in [-0.25, -0.2) is 14.5 Å². The number of hydrogen-bond acceptors (Lipinski definition) is 5. The molecule has 1 saturated heterocycles. The van der Waals surface area contributed by atoms with Crippen molar-refractivity contribution in [3.8, 4) is 24.7 Å². The second kappa shape index (κ2) is 8.69. The average Bonchev–Trinajstić information content (AvgIpc) is 2.81. The van der Waals surface area contributed by atoms with Crippen LogP contribution >= 0.6 is 0 Å². The average molecular weight is 389 g/mol. The standard InChI is InChI=1S/C22H31NO5/c1-9-11-13-22(14-12-10-2)15-16(17(24)27-20(3,4)5)23(18(22)25)19(26)28-21(6,7)8/h1-2,16H,11-15H2,3-8H3/t16-/m0/s1. The molecular formula is C22H31NO5. The number of carbonyl (C=O) groups is 3. The van der Waals surface area contributed by atoms with Crippen molar-refractivity contribution in [2.45, 2.75) is 90.9 Å². The zero-order chi connectivity index (χ0) is 21.8. The molecule has 1 rings (SSSR count). The Morgan fingerprint density at radius 1 is 1.04 bits per heavy atom. The van der Waals surface area contributed by atoms with Gasteiger partial charge in [-0.2, -0.15) is 0 Å². The van der Waals surface area contributed by atoms with Crippen LogP contribution in [-0.4, -0.2) is 40.1 Å². The van der Waals surface area contributed by atoms with Crippen molar-refractivity contribution in [2.75, 3.05) is 0 Å². The maximum atomic E-state index is 13.3. The van der Waals surface area contributed by atoms with Crippen LogP contribution in [0.4, 0.5) is 4.79 Å². The molecule has 0 saturated carbocycles. The molecule has 0 aromatic rings. The van der Waals surface area contributed by atoms with E-state index in [1.165, 1.54) is 0 Å². The van der Waals surface area contributed by atoms with E-state index < -0.39 is 40.6 Å². The summed E-state index contributed by atoms with van der Waals surface area (Å²) in [6.07, 6.45) is 11.4. The van der Waals surface area contributed by atoms with Crippen LogP contribution in [0.5, 0.6) is 0 Å². The van der Waals surface area contributed by atoms with Crippen LogP contribution in [0.25, 0.3) is 0 Å². The van der Waals surface area contributed by atoms with Crippen LogP contribution < -0.4 is 0 Å². The first kappa shape index (κ1) is 23.6. The minimum Gasteiger partial charge on any atom is -0.458 e. The lowest BCUT2D eigenvalue weighted by Gasteiger charge is -2.29. The predicted octanol–water partition coefficient (Wildman–Crippen LogP) is 3.68. The smallest absolute Gasteiger partial charge is 0.417 e. The third kappa shape index (κ3) is 6.02. The molecule has 0 spiro atoms. The summed E-state index contributed by atoms with van der Waals surface area (Å²) in [5.74, 6) is 3.93. The number of carbonyl (C=O) groups excluding carboxylic acids is 3. The monoisotopic (exact) mass is 389 g/mol. The zero-order valence-electron chi connectivity index (χ0n) is 17.8. The van der Waals surface area contributed by atoms with Crippen LogP contribution in [0.15, 0.2) is 0 Å². The molecule has 0 radical (unpaired) electrons. The normalized spacial score (nSPS) is 18.9. The fraction of sp³-hybridized carbons (Fsp3) is 0.682. The number of imide groups is 1. The molecule has 154 valence electrons. The first-order chi connectivity index (χ1) is 12.8. The second-order valence-corrected chi connectivity index (χ2v) is 9.10. The van der Waals surface area contributed by atoms with E-state index in [9.17, 15) is 14.4 Å². The highest BCUT2D eigenvalue weighted by atomic mass is 16.6. The molecule has 1 atom stereocenters. The van der Waals surface area contributed by atoms with Gasteiger partial charge in [0.2, 0.25) is 5.91 Å². The maximum absolute atomic E-state index is 13.3. The minimum atomic E-state index is -1.07. The van der Waals surface area contributed by atoms with Crippen LogP contribution in [0.2, 0.25) is 0 Å². The number of hydrogen-bond donors (Lipinski definition) is 0. The molecule has 0 aliphatic carbocycles. The molecule has 1 aliphatic heterocycles. The zero-order valence-corrected chi connectivity index (χ0v) is 17.8. The lowest BCUT2D eigenvalue weighted by molar-refractivity contribution is -0.161. The van der Waals surface area contributed by atoms with E-state index in [-0.39, 0.29) is 6.42 Å². The Balaban J connectivity index is 3.33. The Morgan fingerprint density at radius 2 is 1.50 bits per heavy atom. The third-order valence-electron chi connectivity index (χ3n) is 4.33. The first-order valence-corrected chi connectivity index (χ1v) is 9.43. The van der Waals surface area contributed by atoms with Crippen molar-refractivity contribution in [1.82, 2.24) is 4.90 Å². The highest BCUT2D eigenvalue weighted by Crippen LogP contribution is 2.45. The number of rotatable bonds is 5. The summed E-state index contributed by atoms with van der Waals surface area (Å²) in [5.41, 5.74) is -2.57. The van der Waals surface area contributed by atoms with Crippen molar-refractivity contribution in [3.05, 3.63) is 0 Å². The van der Waals surface area contributed by atoms with E-state index in [0.717, 1.165) is 4.90 Å². The third-order valence-corrected chi connectivity index (χ3v) is 4.33. The first-order valence-electron chi connectivity index (χ1n) is 9.43. The molecule has 1 heterocycles. The van der Waals surface area contributed by atoms with Gasteiger partial charge in [-0.1, -0.05) is 0 Å². The second-order valence-electron chi connectivity index (χ2n) is 9.10. The van der Waals surface area contributed by atoms with Gasteiger partial charge in [0.05, 0.1) is 5.41 Å². The lowest BCUT2D eigenvalue weighted by atomic mass is 9.76. The Labute approximate surface area is 168 Å². The molecule has 0 aromatic carbocycles. The molecule has 1 aliphatic rings. The molecular weight excluding hydrogens is 358 g/mol. The van der Waals surface area contributed by atoms with Crippen molar-refractivity contribution in [3.63, 3.8) is 0 Å². The van der Waals surface area contributed by atoms with Gasteiger partial charge in [0, 0.05) is 12.8 Å². The van der Waals surface area contributed by atoms with Crippen LogP contribution in [-0.2, 0) is 19.1 Å². The van der Waals surface area contributed by atoms with E-state index in [0.29, 0.717) is 25.7 Å². The fourth-order valence-corrected chi connectivity index (χ4v) is 3.19. The molecule has 6 heteroatoms. The summed E-state index contributed by atoms with van der Waals surface area (Å²) in [6, 6.07) is -1.07. The van der Waals surface area contributed by atoms with Gasteiger partial charge in [0.15, 0.2) is 0 Å². The van der Waals surface area contributed by atoms with Gasteiger partial charge >= 0.3 is 12.1 Å². The summed E-state index contributed by atoms with van der Waals surface area (Å²) in [5, 5.41) is 0. The van der Waals surface area contributed by atoms with Crippen molar-refractivity contribution in [1.29, 1.82) is 0 Å². The number of nitrogens with zero attached hydrogens (tertiary/aromatic N) is 1. The Morgan fingerprint density at radius 3 is 1.89 bits per heavy atom. The summed E-state index contributed by atoms with van der Waals surface area (Å²) in [6.45, 7) is 10.3. The summed E-state index contributed by atoms with van der Waals surface area (Å²) >= 11 is 0. The highest BCUT2D eigenvalue weighted by molar-refractivity contribution is 6.02. The van der Waals surface area contributed by atoms with E-state index in [1.54, 1.807) is 41.5 Å². The van der Waals surface area contributed by atoms with Crippen LogP contribution in [0.3, 0.4) is 0 Å². The fourth-order valence-electron chi connectivity index (χ4n) is 3.19. The van der Waals surface area contributed by atoms with E-state index in [1.807, 2.05) is 0 Å². The number of amides is 2. The molecule has 1 fully saturated rings. The van der Waals surface area contributed by atoms with Gasteiger partial charge in [-0.05, 0) is 60.8 Å². The Hall–Kier alpha value is -2.47. The van der Waals surface area contributed by atoms with Gasteiger partial charge in [-0.15, -0.1) is 24.7 Å². The van der Waals surface area contributed by atoms with Crippen molar-refractivity contribution in [2.24, 2.45) is 5.41 Å². The van der Waals surface area contributed by atoms with E-state index in [2.05, 4.69) is 11.8 Å². The van der Waals surface area contributed by atoms with Crippen LogP contribution in [0.1, 0.15) is 73.6 Å². The quantitative estimate of drug-likeness (QED) is 0.530. The number of esters is 1. The van der Waals surface area contributed by atoms with Gasteiger partial charge in [0.25, 0.3) is 0 Å². The van der Waals surface area contributed by atoms with Gasteiger partial charge in [-0.3, -0.25) is 4.79 Å². The molecule has 0 N–H and O–H groups in total. The lowest BCUT2D eigenvalue weighted by Crippen LogP contribution is -2.48. The van der Waals surface area contributed by atoms with E-state index in [4.69, 9.17) is 22.3 Å². The topological polar surface area (TPSA) is 72.9 Å². The molecule has 0 aromatic heterocycles. The minimum absolute atomic E-state index is 0.114. The summed E-state index contributed by atoms with van der Waals surface area (Å²) < 4.78 is 10.8. The Bertz CT molecular complexity index is 678.